The predicted octanol–water partition coefficient (Wildman–Crippen LogP) is 0.758. The van der Waals surface area contributed by atoms with E-state index in [-0.39, 0.29) is 12.0 Å². The minimum absolute atomic E-state index is 0.185. The smallest absolute Gasteiger partial charge is 0.226 e. The van der Waals surface area contributed by atoms with Crippen molar-refractivity contribution < 1.29 is 14.4 Å². The molecule has 128 valence electrons. The van der Waals surface area contributed by atoms with Crippen molar-refractivity contribution in [3.63, 3.8) is 0 Å². The second kappa shape index (κ2) is 7.40. The first-order valence-electron chi connectivity index (χ1n) is 8.62. The van der Waals surface area contributed by atoms with Crippen LogP contribution in [0.1, 0.15) is 43.8 Å². The van der Waals surface area contributed by atoms with Gasteiger partial charge in [-0.3, -0.25) is 9.69 Å². The predicted molar refractivity (Wildman–Crippen MR) is 83.8 cm³/mol. The Morgan fingerprint density at radius 1 is 1.30 bits per heavy atom. The third-order valence-electron chi connectivity index (χ3n) is 4.93. The third-order valence-corrected chi connectivity index (χ3v) is 4.93. The monoisotopic (exact) mass is 322 g/mol. The van der Waals surface area contributed by atoms with Gasteiger partial charge in [-0.05, 0) is 32.6 Å². The number of aliphatic hydroxyl groups excluding tert-OH is 1. The molecule has 1 saturated carbocycles. The Labute approximate surface area is 136 Å². The van der Waals surface area contributed by atoms with E-state index in [1.165, 1.54) is 0 Å². The van der Waals surface area contributed by atoms with Gasteiger partial charge in [0.05, 0.1) is 6.10 Å². The molecule has 0 unspecified atom stereocenters. The molecule has 2 fully saturated rings. The molecule has 1 aromatic rings. The van der Waals surface area contributed by atoms with E-state index in [4.69, 9.17) is 4.52 Å². The van der Waals surface area contributed by atoms with Crippen LogP contribution >= 0.6 is 0 Å². The maximum atomic E-state index is 12.3. The summed E-state index contributed by atoms with van der Waals surface area (Å²) in [6.45, 7) is 5.06. The van der Waals surface area contributed by atoms with Crippen LogP contribution in [0.5, 0.6) is 0 Å². The number of nitrogens with zero attached hydrogens (tertiary/aromatic N) is 4. The summed E-state index contributed by atoms with van der Waals surface area (Å²) in [6, 6.07) is 0.299. The number of amides is 1. The molecule has 23 heavy (non-hydrogen) atoms. The molecule has 7 heteroatoms. The molecule has 0 bridgehead atoms. The summed E-state index contributed by atoms with van der Waals surface area (Å²) < 4.78 is 5.06. The maximum absolute atomic E-state index is 12.3. The largest absolute Gasteiger partial charge is 0.391 e. The topological polar surface area (TPSA) is 82.7 Å². The Kier molecular flexibility index (Phi) is 5.27. The van der Waals surface area contributed by atoms with Crippen LogP contribution in [0.3, 0.4) is 0 Å². The first-order chi connectivity index (χ1) is 11.1. The van der Waals surface area contributed by atoms with E-state index in [0.29, 0.717) is 30.6 Å². The van der Waals surface area contributed by atoms with E-state index in [0.717, 1.165) is 51.9 Å². The van der Waals surface area contributed by atoms with Gasteiger partial charge in [0.15, 0.2) is 5.82 Å². The fraction of sp³-hybridized carbons (Fsp3) is 0.812. The zero-order valence-corrected chi connectivity index (χ0v) is 13.8. The molecule has 1 aliphatic heterocycles. The Bertz CT molecular complexity index is 525. The molecule has 1 amide bonds. The number of carbonyl (C=O) groups excluding carboxylic acids is 1. The normalized spacial score (nSPS) is 25.9. The SMILES string of the molecule is Cc1noc(CCCC(=O)N2CCN([C@H]3CCC[C@@H]3O)CC2)n1. The van der Waals surface area contributed by atoms with Crippen molar-refractivity contribution >= 4 is 5.91 Å². The lowest BCUT2D eigenvalue weighted by molar-refractivity contribution is -0.133. The highest BCUT2D eigenvalue weighted by Gasteiger charge is 2.33. The van der Waals surface area contributed by atoms with Crippen molar-refractivity contribution in [2.75, 3.05) is 26.2 Å². The molecule has 0 spiro atoms. The zero-order valence-electron chi connectivity index (χ0n) is 13.8. The molecule has 0 aromatic carbocycles. The standard InChI is InChI=1S/C16H26N4O3/c1-12-17-15(23-18-12)6-3-7-16(22)20-10-8-19(9-11-20)13-4-2-5-14(13)21/h13-14,21H,2-11H2,1H3/t13-,14-/m0/s1. The van der Waals surface area contributed by atoms with Crippen molar-refractivity contribution in [1.29, 1.82) is 0 Å². The molecular formula is C16H26N4O3. The van der Waals surface area contributed by atoms with Gasteiger partial charge >= 0.3 is 0 Å². The summed E-state index contributed by atoms with van der Waals surface area (Å²) in [5.74, 6) is 1.44. The number of rotatable bonds is 5. The van der Waals surface area contributed by atoms with E-state index >= 15 is 0 Å². The molecule has 2 aliphatic rings. The van der Waals surface area contributed by atoms with E-state index in [2.05, 4.69) is 15.0 Å². The number of aryl methyl sites for hydroxylation is 2. The van der Waals surface area contributed by atoms with Crippen LogP contribution in [0.25, 0.3) is 0 Å². The molecule has 1 N–H and O–H groups in total. The number of hydrogen-bond acceptors (Lipinski definition) is 6. The van der Waals surface area contributed by atoms with Crippen LogP contribution in [-0.2, 0) is 11.2 Å². The van der Waals surface area contributed by atoms with E-state index < -0.39 is 0 Å². The molecule has 2 heterocycles. The van der Waals surface area contributed by atoms with Crippen LogP contribution < -0.4 is 0 Å². The van der Waals surface area contributed by atoms with Gasteiger partial charge in [-0.1, -0.05) is 5.16 Å². The van der Waals surface area contributed by atoms with Crippen LogP contribution in [0.4, 0.5) is 0 Å². The van der Waals surface area contributed by atoms with Crippen LogP contribution in [0, 0.1) is 6.92 Å². The summed E-state index contributed by atoms with van der Waals surface area (Å²) >= 11 is 0. The highest BCUT2D eigenvalue weighted by molar-refractivity contribution is 5.76. The summed E-state index contributed by atoms with van der Waals surface area (Å²) in [5.41, 5.74) is 0. The molecular weight excluding hydrogens is 296 g/mol. The van der Waals surface area contributed by atoms with Crippen molar-refractivity contribution in [1.82, 2.24) is 19.9 Å². The maximum Gasteiger partial charge on any atom is 0.226 e. The van der Waals surface area contributed by atoms with Gasteiger partial charge in [0.1, 0.15) is 0 Å². The fourth-order valence-corrected chi connectivity index (χ4v) is 3.64. The second-order valence-electron chi connectivity index (χ2n) is 6.57. The molecule has 1 aromatic heterocycles. The molecule has 0 radical (unpaired) electrons. The summed E-state index contributed by atoms with van der Waals surface area (Å²) in [4.78, 5) is 20.7. The third kappa shape index (κ3) is 4.09. The lowest BCUT2D eigenvalue weighted by Crippen LogP contribution is -2.53. The highest BCUT2D eigenvalue weighted by Crippen LogP contribution is 2.25. The lowest BCUT2D eigenvalue weighted by atomic mass is 10.1. The minimum atomic E-state index is -0.185. The van der Waals surface area contributed by atoms with Gasteiger partial charge in [0.2, 0.25) is 11.8 Å². The summed E-state index contributed by atoms with van der Waals surface area (Å²) in [5, 5.41) is 13.7. The quantitative estimate of drug-likeness (QED) is 0.862. The fourth-order valence-electron chi connectivity index (χ4n) is 3.64. The van der Waals surface area contributed by atoms with E-state index in [1.807, 2.05) is 4.90 Å². The van der Waals surface area contributed by atoms with Crippen molar-refractivity contribution in [2.45, 2.75) is 57.6 Å². The van der Waals surface area contributed by atoms with Gasteiger partial charge in [-0.15, -0.1) is 0 Å². The van der Waals surface area contributed by atoms with Gasteiger partial charge in [-0.25, -0.2) is 0 Å². The molecule has 1 aliphatic carbocycles. The summed E-state index contributed by atoms with van der Waals surface area (Å²) in [6.07, 6.45) is 4.84. The molecule has 3 rings (SSSR count). The number of carbonyl (C=O) groups is 1. The Balaban J connectivity index is 1.38. The molecule has 1 saturated heterocycles. The van der Waals surface area contributed by atoms with Gasteiger partial charge in [0, 0.05) is 45.1 Å². The molecule has 7 nitrogen and oxygen atoms in total. The zero-order chi connectivity index (χ0) is 16.2. The second-order valence-corrected chi connectivity index (χ2v) is 6.57. The first kappa shape index (κ1) is 16.4. The van der Waals surface area contributed by atoms with E-state index in [9.17, 15) is 9.90 Å². The summed E-state index contributed by atoms with van der Waals surface area (Å²) in [7, 11) is 0. The first-order valence-corrected chi connectivity index (χ1v) is 8.62. The number of aliphatic hydroxyl groups is 1. The Morgan fingerprint density at radius 3 is 2.70 bits per heavy atom. The average Bonchev–Trinajstić information content (AvgIpc) is 3.16. The average molecular weight is 322 g/mol. The van der Waals surface area contributed by atoms with Gasteiger partial charge < -0.3 is 14.5 Å². The van der Waals surface area contributed by atoms with Crippen molar-refractivity contribution in [3.05, 3.63) is 11.7 Å². The van der Waals surface area contributed by atoms with Gasteiger partial charge in [0.25, 0.3) is 0 Å². The number of aromatic nitrogens is 2. The van der Waals surface area contributed by atoms with Crippen LogP contribution in [0.2, 0.25) is 0 Å². The number of hydrogen-bond donors (Lipinski definition) is 1. The number of piperazine rings is 1. The minimum Gasteiger partial charge on any atom is -0.391 e. The van der Waals surface area contributed by atoms with Gasteiger partial charge in [-0.2, -0.15) is 4.98 Å². The van der Waals surface area contributed by atoms with Crippen molar-refractivity contribution in [2.24, 2.45) is 0 Å². The van der Waals surface area contributed by atoms with E-state index in [1.54, 1.807) is 6.92 Å². The van der Waals surface area contributed by atoms with Crippen LogP contribution in [0.15, 0.2) is 4.52 Å². The van der Waals surface area contributed by atoms with Crippen LogP contribution in [-0.4, -0.2) is 69.3 Å². The molecule has 2 atom stereocenters. The van der Waals surface area contributed by atoms with Crippen molar-refractivity contribution in [3.8, 4) is 0 Å². The highest BCUT2D eigenvalue weighted by atomic mass is 16.5. The Hall–Kier alpha value is -1.47. The Morgan fingerprint density at radius 2 is 2.09 bits per heavy atom. The lowest BCUT2D eigenvalue weighted by Gasteiger charge is -2.39.